The van der Waals surface area contributed by atoms with E-state index in [9.17, 15) is 4.79 Å². The molecule has 82 valence electrons. The number of rotatable bonds is 2. The molecule has 2 aromatic rings. The summed E-state index contributed by atoms with van der Waals surface area (Å²) in [5.74, 6) is -0.349. The number of fused-ring (bicyclic) bond motifs is 1. The summed E-state index contributed by atoms with van der Waals surface area (Å²) < 4.78 is 6.53. The highest BCUT2D eigenvalue weighted by Gasteiger charge is 2.17. The SMILES string of the molecule is CCOC(=O)c1cc2sc(N)c(C#N)c2s1. The molecule has 2 N–H and O–H groups in total. The molecule has 0 fully saturated rings. The summed E-state index contributed by atoms with van der Waals surface area (Å²) in [6.45, 7) is 2.10. The molecule has 0 bridgehead atoms. The van der Waals surface area contributed by atoms with Gasteiger partial charge in [-0.2, -0.15) is 5.26 Å². The zero-order chi connectivity index (χ0) is 11.7. The van der Waals surface area contributed by atoms with Crippen LogP contribution in [0.1, 0.15) is 22.2 Å². The van der Waals surface area contributed by atoms with Gasteiger partial charge in [-0.3, -0.25) is 0 Å². The van der Waals surface area contributed by atoms with Crippen molar-refractivity contribution in [1.82, 2.24) is 0 Å². The van der Waals surface area contributed by atoms with E-state index in [-0.39, 0.29) is 5.97 Å². The lowest BCUT2D eigenvalue weighted by atomic mass is 10.3. The summed E-state index contributed by atoms with van der Waals surface area (Å²) >= 11 is 2.57. The van der Waals surface area contributed by atoms with Gasteiger partial charge in [0.1, 0.15) is 21.5 Å². The molecule has 4 nitrogen and oxygen atoms in total. The van der Waals surface area contributed by atoms with Crippen LogP contribution in [0.3, 0.4) is 0 Å². The van der Waals surface area contributed by atoms with Gasteiger partial charge < -0.3 is 10.5 Å². The molecule has 16 heavy (non-hydrogen) atoms. The van der Waals surface area contributed by atoms with Gasteiger partial charge in [-0.15, -0.1) is 22.7 Å². The molecule has 0 aliphatic heterocycles. The van der Waals surface area contributed by atoms with Crippen molar-refractivity contribution in [3.63, 3.8) is 0 Å². The van der Waals surface area contributed by atoms with Crippen molar-refractivity contribution in [1.29, 1.82) is 5.26 Å². The molecule has 2 heterocycles. The lowest BCUT2D eigenvalue weighted by Crippen LogP contribution is -2.01. The van der Waals surface area contributed by atoms with Crippen LogP contribution in [0.15, 0.2) is 6.07 Å². The highest BCUT2D eigenvalue weighted by molar-refractivity contribution is 7.31. The Balaban J connectivity index is 2.50. The van der Waals surface area contributed by atoms with Gasteiger partial charge in [0, 0.05) is 4.70 Å². The number of carbonyl (C=O) groups excluding carboxylic acids is 1. The Morgan fingerprint density at radius 1 is 1.62 bits per heavy atom. The number of nitrogens with two attached hydrogens (primary N) is 1. The van der Waals surface area contributed by atoms with Gasteiger partial charge in [0.15, 0.2) is 0 Å². The highest BCUT2D eigenvalue weighted by Crippen LogP contribution is 2.38. The van der Waals surface area contributed by atoms with Crippen LogP contribution < -0.4 is 5.73 Å². The number of ether oxygens (including phenoxy) is 1. The van der Waals surface area contributed by atoms with Gasteiger partial charge in [-0.25, -0.2) is 4.79 Å². The first-order valence-electron chi connectivity index (χ1n) is 4.56. The zero-order valence-electron chi connectivity index (χ0n) is 8.44. The van der Waals surface area contributed by atoms with Crippen LogP contribution in [0, 0.1) is 11.3 Å². The van der Waals surface area contributed by atoms with Crippen LogP contribution >= 0.6 is 22.7 Å². The van der Waals surface area contributed by atoms with E-state index in [1.54, 1.807) is 13.0 Å². The van der Waals surface area contributed by atoms with E-state index in [1.807, 2.05) is 6.07 Å². The number of hydrogen-bond acceptors (Lipinski definition) is 6. The van der Waals surface area contributed by atoms with E-state index in [0.717, 1.165) is 9.40 Å². The van der Waals surface area contributed by atoms with Crippen LogP contribution in [0.4, 0.5) is 5.00 Å². The van der Waals surface area contributed by atoms with E-state index in [4.69, 9.17) is 15.7 Å². The van der Waals surface area contributed by atoms with Gasteiger partial charge in [0.2, 0.25) is 0 Å². The molecular formula is C10H8N2O2S2. The number of carbonyl (C=O) groups is 1. The Labute approximate surface area is 99.9 Å². The molecule has 0 saturated carbocycles. The molecule has 0 unspecified atom stereocenters. The molecular weight excluding hydrogens is 244 g/mol. The quantitative estimate of drug-likeness (QED) is 0.833. The van der Waals surface area contributed by atoms with E-state index in [2.05, 4.69) is 0 Å². The largest absolute Gasteiger partial charge is 0.462 e. The second-order valence-corrected chi connectivity index (χ2v) is 5.11. The van der Waals surface area contributed by atoms with Gasteiger partial charge >= 0.3 is 5.97 Å². The van der Waals surface area contributed by atoms with E-state index in [0.29, 0.717) is 22.0 Å². The molecule has 0 atom stereocenters. The summed E-state index contributed by atoms with van der Waals surface area (Å²) in [6.07, 6.45) is 0. The predicted molar refractivity (Wildman–Crippen MR) is 64.8 cm³/mol. The monoisotopic (exact) mass is 252 g/mol. The average Bonchev–Trinajstić information content (AvgIpc) is 2.74. The standard InChI is InChI=1S/C10H8N2O2S2/c1-2-14-10(13)7-3-6-8(15-7)5(4-11)9(12)16-6/h3H,2,12H2,1H3. The summed E-state index contributed by atoms with van der Waals surface area (Å²) in [5.41, 5.74) is 6.14. The normalized spacial score (nSPS) is 10.2. The van der Waals surface area contributed by atoms with Gasteiger partial charge in [0.05, 0.1) is 11.3 Å². The van der Waals surface area contributed by atoms with Crippen LogP contribution in [0.5, 0.6) is 0 Å². The first kappa shape index (κ1) is 10.9. The van der Waals surface area contributed by atoms with Crippen LogP contribution in [0.2, 0.25) is 0 Å². The lowest BCUT2D eigenvalue weighted by molar-refractivity contribution is 0.0532. The molecule has 2 rings (SSSR count). The molecule has 0 radical (unpaired) electrons. The maximum atomic E-state index is 11.5. The van der Waals surface area contributed by atoms with Crippen molar-refractivity contribution >= 4 is 43.0 Å². The van der Waals surface area contributed by atoms with Crippen LogP contribution in [0.25, 0.3) is 9.40 Å². The molecule has 0 aliphatic rings. The molecule has 0 aromatic carbocycles. The molecule has 0 amide bonds. The van der Waals surface area contributed by atoms with Gasteiger partial charge in [0.25, 0.3) is 0 Å². The summed E-state index contributed by atoms with van der Waals surface area (Å²) in [6, 6.07) is 3.77. The minimum atomic E-state index is -0.349. The second-order valence-electron chi connectivity index (χ2n) is 2.98. The Hall–Kier alpha value is -1.58. The maximum Gasteiger partial charge on any atom is 0.348 e. The lowest BCUT2D eigenvalue weighted by Gasteiger charge is -1.96. The van der Waals surface area contributed by atoms with E-state index < -0.39 is 0 Å². The minimum Gasteiger partial charge on any atom is -0.462 e. The third-order valence-corrected chi connectivity index (χ3v) is 4.21. The first-order valence-corrected chi connectivity index (χ1v) is 6.19. The average molecular weight is 252 g/mol. The Morgan fingerprint density at radius 3 is 3.00 bits per heavy atom. The molecule has 6 heteroatoms. The van der Waals surface area contributed by atoms with Crippen LogP contribution in [-0.2, 0) is 4.74 Å². The number of thiophene rings is 2. The minimum absolute atomic E-state index is 0.345. The van der Waals surface area contributed by atoms with E-state index >= 15 is 0 Å². The summed E-state index contributed by atoms with van der Waals surface area (Å²) in [7, 11) is 0. The summed E-state index contributed by atoms with van der Waals surface area (Å²) in [4.78, 5) is 12.0. The van der Waals surface area contributed by atoms with Crippen LogP contribution in [-0.4, -0.2) is 12.6 Å². The second kappa shape index (κ2) is 4.12. The number of esters is 1. The Bertz CT molecular complexity index is 592. The number of nitrogen functional groups attached to an aromatic ring is 1. The highest BCUT2D eigenvalue weighted by atomic mass is 32.1. The fraction of sp³-hybridized carbons (Fsp3) is 0.200. The maximum absolute atomic E-state index is 11.5. The third-order valence-electron chi connectivity index (χ3n) is 1.98. The van der Waals surface area contributed by atoms with E-state index in [1.165, 1.54) is 22.7 Å². The summed E-state index contributed by atoms with van der Waals surface area (Å²) in [5, 5.41) is 9.42. The topological polar surface area (TPSA) is 76.1 Å². The molecule has 0 saturated heterocycles. The van der Waals surface area contributed by atoms with Crippen molar-refractivity contribution in [3.8, 4) is 6.07 Å². The van der Waals surface area contributed by atoms with Crippen molar-refractivity contribution in [2.24, 2.45) is 0 Å². The van der Waals surface area contributed by atoms with Gasteiger partial charge in [-0.05, 0) is 13.0 Å². The van der Waals surface area contributed by atoms with Crippen molar-refractivity contribution in [2.45, 2.75) is 6.92 Å². The molecule has 2 aromatic heterocycles. The fourth-order valence-corrected chi connectivity index (χ4v) is 3.52. The fourth-order valence-electron chi connectivity index (χ4n) is 1.31. The Kier molecular flexibility index (Phi) is 2.81. The predicted octanol–water partition coefficient (Wildman–Crippen LogP) is 2.59. The Morgan fingerprint density at radius 2 is 2.38 bits per heavy atom. The first-order chi connectivity index (χ1) is 7.67. The van der Waals surface area contributed by atoms with Crippen molar-refractivity contribution in [2.75, 3.05) is 12.3 Å². The number of hydrogen-bond donors (Lipinski definition) is 1. The smallest absolute Gasteiger partial charge is 0.348 e. The number of anilines is 1. The van der Waals surface area contributed by atoms with Gasteiger partial charge in [-0.1, -0.05) is 0 Å². The third kappa shape index (κ3) is 1.64. The zero-order valence-corrected chi connectivity index (χ0v) is 10.1. The number of nitrogens with zero attached hydrogens (tertiary/aromatic N) is 1. The van der Waals surface area contributed by atoms with Crippen molar-refractivity contribution < 1.29 is 9.53 Å². The number of nitriles is 1. The molecule has 0 aliphatic carbocycles. The molecule has 0 spiro atoms. The van der Waals surface area contributed by atoms with Crippen molar-refractivity contribution in [3.05, 3.63) is 16.5 Å².